The number of piperidine rings is 1. The highest BCUT2D eigenvalue weighted by atomic mass is 16.4. The van der Waals surface area contributed by atoms with Crippen LogP contribution in [0.25, 0.3) is 22.6 Å². The normalized spacial score (nSPS) is 16.6. The van der Waals surface area contributed by atoms with E-state index in [1.807, 2.05) is 37.3 Å². The fourth-order valence-electron chi connectivity index (χ4n) is 4.50. The van der Waals surface area contributed by atoms with Crippen molar-refractivity contribution in [1.82, 2.24) is 14.9 Å². The number of hydrogen-bond acceptors (Lipinski definition) is 5. The molecule has 0 spiro atoms. The van der Waals surface area contributed by atoms with E-state index in [9.17, 15) is 4.79 Å². The van der Waals surface area contributed by atoms with Crippen molar-refractivity contribution in [2.45, 2.75) is 26.3 Å². The molecule has 0 unspecified atom stereocenters. The molecule has 1 fully saturated rings. The molecule has 0 aliphatic carbocycles. The molecule has 0 N–H and O–H groups in total. The second-order valence-electron chi connectivity index (χ2n) is 8.65. The molecule has 1 saturated heterocycles. The van der Waals surface area contributed by atoms with Gasteiger partial charge in [-0.1, -0.05) is 42.5 Å². The van der Waals surface area contributed by atoms with Crippen molar-refractivity contribution >= 4 is 5.78 Å². The number of benzene rings is 2. The van der Waals surface area contributed by atoms with Crippen LogP contribution in [0.4, 0.5) is 0 Å². The fourth-order valence-corrected chi connectivity index (χ4v) is 4.50. The molecule has 1 aliphatic rings. The van der Waals surface area contributed by atoms with Crippen molar-refractivity contribution in [3.8, 4) is 22.6 Å². The molecule has 0 amide bonds. The molecule has 4 aromatic rings. The zero-order valence-corrected chi connectivity index (χ0v) is 18.8. The van der Waals surface area contributed by atoms with Gasteiger partial charge in [0.05, 0.1) is 5.69 Å². The lowest BCUT2D eigenvalue weighted by atomic mass is 9.90. The quantitative estimate of drug-likeness (QED) is 0.357. The topological polar surface area (TPSA) is 59.2 Å². The summed E-state index contributed by atoms with van der Waals surface area (Å²) in [7, 11) is 0. The van der Waals surface area contributed by atoms with Crippen LogP contribution in [0.5, 0.6) is 0 Å². The molecule has 33 heavy (non-hydrogen) atoms. The summed E-state index contributed by atoms with van der Waals surface area (Å²) in [6.45, 7) is 4.35. The highest BCUT2D eigenvalue weighted by Gasteiger charge is 2.27. The smallest absolute Gasteiger partial charge is 0.226 e. The number of nitrogens with zero attached hydrogens (tertiary/aromatic N) is 3. The van der Waals surface area contributed by atoms with Gasteiger partial charge in [-0.15, -0.1) is 0 Å². The zero-order chi connectivity index (χ0) is 22.6. The second kappa shape index (κ2) is 9.51. The third-order valence-corrected chi connectivity index (χ3v) is 6.33. The molecule has 5 heteroatoms. The van der Waals surface area contributed by atoms with Crippen LogP contribution >= 0.6 is 0 Å². The SMILES string of the molecule is Cc1oc(-c2ccc(-c3ccccc3)cc2)nc1CN1CCC[C@@H](C(=O)c2cccnc2)C1. The number of carbonyl (C=O) groups is 1. The molecule has 1 aliphatic heterocycles. The maximum atomic E-state index is 12.9. The molecule has 0 bridgehead atoms. The van der Waals surface area contributed by atoms with E-state index in [1.165, 1.54) is 11.1 Å². The standard InChI is InChI=1S/C28H27N3O2/c1-20-26(19-31-16-6-10-25(18-31)27(32)24-9-5-15-29-17-24)30-28(33-20)23-13-11-22(12-14-23)21-7-3-2-4-8-21/h2-5,7-9,11-15,17,25H,6,10,16,18-19H2,1H3/t25-/m1/s1. The lowest BCUT2D eigenvalue weighted by molar-refractivity contribution is 0.0809. The predicted octanol–water partition coefficient (Wildman–Crippen LogP) is 5.81. The van der Waals surface area contributed by atoms with E-state index in [0.29, 0.717) is 18.0 Å². The van der Waals surface area contributed by atoms with Gasteiger partial charge in [-0.05, 0) is 61.7 Å². The highest BCUT2D eigenvalue weighted by Crippen LogP contribution is 2.28. The number of Topliss-reactive ketones (excluding diaryl/α,β-unsaturated/α-hetero) is 1. The van der Waals surface area contributed by atoms with Crippen LogP contribution in [0.3, 0.4) is 0 Å². The summed E-state index contributed by atoms with van der Waals surface area (Å²) in [4.78, 5) is 24.1. The lowest BCUT2D eigenvalue weighted by Gasteiger charge is -2.31. The molecule has 5 rings (SSSR count). The van der Waals surface area contributed by atoms with Gasteiger partial charge < -0.3 is 4.42 Å². The average molecular weight is 438 g/mol. The minimum absolute atomic E-state index is 0.000147. The van der Waals surface area contributed by atoms with Crippen LogP contribution in [0.1, 0.15) is 34.7 Å². The van der Waals surface area contributed by atoms with Gasteiger partial charge in [0.2, 0.25) is 5.89 Å². The van der Waals surface area contributed by atoms with E-state index in [0.717, 1.165) is 42.9 Å². The molecule has 5 nitrogen and oxygen atoms in total. The molecule has 2 aromatic heterocycles. The molecule has 2 aromatic carbocycles. The minimum atomic E-state index is 0.000147. The van der Waals surface area contributed by atoms with E-state index < -0.39 is 0 Å². The second-order valence-corrected chi connectivity index (χ2v) is 8.65. The Labute approximate surface area is 194 Å². The largest absolute Gasteiger partial charge is 0.441 e. The van der Waals surface area contributed by atoms with E-state index >= 15 is 0 Å². The average Bonchev–Trinajstić information content (AvgIpc) is 3.25. The summed E-state index contributed by atoms with van der Waals surface area (Å²) in [6, 6.07) is 22.3. The number of carbonyl (C=O) groups excluding carboxylic acids is 1. The lowest BCUT2D eigenvalue weighted by Crippen LogP contribution is -2.38. The highest BCUT2D eigenvalue weighted by molar-refractivity contribution is 5.97. The summed E-state index contributed by atoms with van der Waals surface area (Å²) >= 11 is 0. The van der Waals surface area contributed by atoms with Crippen molar-refractivity contribution in [3.05, 3.63) is 96.1 Å². The number of aryl methyl sites for hydroxylation is 1. The monoisotopic (exact) mass is 437 g/mol. The van der Waals surface area contributed by atoms with Gasteiger partial charge in [0.25, 0.3) is 0 Å². The third-order valence-electron chi connectivity index (χ3n) is 6.33. The van der Waals surface area contributed by atoms with E-state index in [1.54, 1.807) is 12.4 Å². The van der Waals surface area contributed by atoms with Gasteiger partial charge in [0.15, 0.2) is 5.78 Å². The van der Waals surface area contributed by atoms with Gasteiger partial charge in [-0.2, -0.15) is 0 Å². The van der Waals surface area contributed by atoms with Crippen molar-refractivity contribution in [2.24, 2.45) is 5.92 Å². The van der Waals surface area contributed by atoms with Gasteiger partial charge in [0.1, 0.15) is 5.76 Å². The summed E-state index contributed by atoms with van der Waals surface area (Å²) in [5.74, 6) is 1.66. The summed E-state index contributed by atoms with van der Waals surface area (Å²) < 4.78 is 6.02. The van der Waals surface area contributed by atoms with E-state index in [-0.39, 0.29) is 11.7 Å². The number of likely N-dealkylation sites (tertiary alicyclic amines) is 1. The van der Waals surface area contributed by atoms with Gasteiger partial charge in [-0.3, -0.25) is 14.7 Å². The van der Waals surface area contributed by atoms with Crippen molar-refractivity contribution in [3.63, 3.8) is 0 Å². The number of rotatable bonds is 6. The first-order valence-corrected chi connectivity index (χ1v) is 11.5. The maximum absolute atomic E-state index is 12.9. The molecular weight excluding hydrogens is 410 g/mol. The summed E-state index contributed by atoms with van der Waals surface area (Å²) in [5, 5.41) is 0. The van der Waals surface area contributed by atoms with Crippen molar-refractivity contribution in [2.75, 3.05) is 13.1 Å². The van der Waals surface area contributed by atoms with Crippen LogP contribution in [0.15, 0.2) is 83.5 Å². The zero-order valence-electron chi connectivity index (χ0n) is 18.8. The molecular formula is C28H27N3O2. The molecule has 3 heterocycles. The number of pyridine rings is 1. The van der Waals surface area contributed by atoms with Crippen molar-refractivity contribution in [1.29, 1.82) is 0 Å². The molecule has 0 saturated carbocycles. The number of aromatic nitrogens is 2. The van der Waals surface area contributed by atoms with Gasteiger partial charge >= 0.3 is 0 Å². The predicted molar refractivity (Wildman–Crippen MR) is 129 cm³/mol. The Morgan fingerprint density at radius 3 is 2.52 bits per heavy atom. The van der Waals surface area contributed by atoms with Crippen LogP contribution < -0.4 is 0 Å². The van der Waals surface area contributed by atoms with Gasteiger partial charge in [0, 0.05) is 42.5 Å². The maximum Gasteiger partial charge on any atom is 0.226 e. The summed E-state index contributed by atoms with van der Waals surface area (Å²) in [5.41, 5.74) is 4.96. The Hall–Kier alpha value is -3.57. The van der Waals surface area contributed by atoms with Crippen LogP contribution in [0.2, 0.25) is 0 Å². The van der Waals surface area contributed by atoms with E-state index in [4.69, 9.17) is 9.40 Å². The third kappa shape index (κ3) is 4.78. The number of hydrogen-bond donors (Lipinski definition) is 0. The molecule has 0 radical (unpaired) electrons. The Bertz CT molecular complexity index is 1220. The Balaban J connectivity index is 1.27. The Morgan fingerprint density at radius 1 is 1.00 bits per heavy atom. The van der Waals surface area contributed by atoms with Crippen LogP contribution in [0, 0.1) is 12.8 Å². The van der Waals surface area contributed by atoms with E-state index in [2.05, 4.69) is 46.3 Å². The fraction of sp³-hybridized carbons (Fsp3) is 0.250. The minimum Gasteiger partial charge on any atom is -0.441 e. The Morgan fingerprint density at radius 2 is 1.76 bits per heavy atom. The molecule has 166 valence electrons. The summed E-state index contributed by atoms with van der Waals surface area (Å²) in [6.07, 6.45) is 5.28. The number of ketones is 1. The Kier molecular flexibility index (Phi) is 6.13. The first-order chi connectivity index (χ1) is 16.2. The van der Waals surface area contributed by atoms with Gasteiger partial charge in [-0.25, -0.2) is 4.98 Å². The van der Waals surface area contributed by atoms with Crippen molar-refractivity contribution < 1.29 is 9.21 Å². The van der Waals surface area contributed by atoms with Crippen LogP contribution in [-0.2, 0) is 6.54 Å². The molecule has 1 atom stereocenters. The first-order valence-electron chi connectivity index (χ1n) is 11.5. The first kappa shape index (κ1) is 21.3. The number of oxazole rings is 1. The van der Waals surface area contributed by atoms with Crippen LogP contribution in [-0.4, -0.2) is 33.7 Å².